The Balaban J connectivity index is 1.87. The number of ether oxygens (including phenoxy) is 2. The quantitative estimate of drug-likeness (QED) is 0.628. The number of benzene rings is 2. The minimum atomic E-state index is -0.906. The van der Waals surface area contributed by atoms with Gasteiger partial charge in [-0.25, -0.2) is 0 Å². The summed E-state index contributed by atoms with van der Waals surface area (Å²) in [4.78, 5) is 23.7. The molecule has 0 aromatic heterocycles. The monoisotopic (exact) mass is 403 g/mol. The van der Waals surface area contributed by atoms with Gasteiger partial charge in [-0.1, -0.05) is 29.8 Å². The number of rotatable bonds is 10. The molecule has 2 aromatic carbocycles. The van der Waals surface area contributed by atoms with Gasteiger partial charge >= 0.3 is 5.97 Å². The van der Waals surface area contributed by atoms with E-state index in [1.165, 1.54) is 19.8 Å². The fourth-order valence-corrected chi connectivity index (χ4v) is 3.47. The maximum atomic E-state index is 12.2. The van der Waals surface area contributed by atoms with E-state index in [-0.39, 0.29) is 11.7 Å². The predicted octanol–water partition coefficient (Wildman–Crippen LogP) is 3.77. The molecule has 1 atom stereocenters. The standard InChI is InChI=1S/C21H25NO5S/c1-14-4-6-15(7-5-14)8-11-19(21(24)25)28-13-20(23)22-16-9-10-17(26-2)18(12-16)27-3/h4-7,9-10,12,19H,8,11,13H2,1-3H3,(H,22,23)(H,24,25). The number of thioether (sulfide) groups is 1. The number of aryl methyl sites for hydroxylation is 2. The van der Waals surface area contributed by atoms with Crippen LogP contribution in [-0.4, -0.2) is 42.2 Å². The van der Waals surface area contributed by atoms with Gasteiger partial charge in [0.1, 0.15) is 5.25 Å². The van der Waals surface area contributed by atoms with Crippen LogP contribution in [0.3, 0.4) is 0 Å². The van der Waals surface area contributed by atoms with Gasteiger partial charge < -0.3 is 19.9 Å². The second-order valence-electron chi connectivity index (χ2n) is 6.28. The highest BCUT2D eigenvalue weighted by atomic mass is 32.2. The van der Waals surface area contributed by atoms with E-state index in [0.717, 1.165) is 17.3 Å². The Morgan fingerprint density at radius 1 is 1.07 bits per heavy atom. The number of amides is 1. The second kappa shape index (κ2) is 10.6. The first-order valence-electron chi connectivity index (χ1n) is 8.84. The van der Waals surface area contributed by atoms with E-state index in [0.29, 0.717) is 30.0 Å². The molecule has 1 unspecified atom stereocenters. The van der Waals surface area contributed by atoms with E-state index in [4.69, 9.17) is 9.47 Å². The summed E-state index contributed by atoms with van der Waals surface area (Å²) in [6, 6.07) is 13.1. The molecule has 0 saturated heterocycles. The minimum Gasteiger partial charge on any atom is -0.493 e. The topological polar surface area (TPSA) is 84.9 Å². The van der Waals surface area contributed by atoms with Crippen LogP contribution in [0.2, 0.25) is 0 Å². The SMILES string of the molecule is COc1ccc(NC(=O)CSC(CCc2ccc(C)cc2)C(=O)O)cc1OC. The number of methoxy groups -OCH3 is 2. The Kier molecular flexibility index (Phi) is 8.19. The lowest BCUT2D eigenvalue weighted by molar-refractivity contribution is -0.136. The van der Waals surface area contributed by atoms with Gasteiger partial charge in [-0.2, -0.15) is 0 Å². The van der Waals surface area contributed by atoms with E-state index in [9.17, 15) is 14.7 Å². The summed E-state index contributed by atoms with van der Waals surface area (Å²) in [5.74, 6) is -0.0413. The smallest absolute Gasteiger partial charge is 0.316 e. The van der Waals surface area contributed by atoms with Gasteiger partial charge in [0.2, 0.25) is 5.91 Å². The Hall–Kier alpha value is -2.67. The number of hydrogen-bond acceptors (Lipinski definition) is 5. The molecule has 0 aliphatic rings. The third-order valence-electron chi connectivity index (χ3n) is 4.17. The molecule has 0 fully saturated rings. The van der Waals surface area contributed by atoms with Crippen molar-refractivity contribution in [2.24, 2.45) is 0 Å². The summed E-state index contributed by atoms with van der Waals surface area (Å²) in [7, 11) is 3.06. The molecule has 28 heavy (non-hydrogen) atoms. The molecule has 0 aliphatic heterocycles. The summed E-state index contributed by atoms with van der Waals surface area (Å²) >= 11 is 1.13. The number of carbonyl (C=O) groups is 2. The average molecular weight is 404 g/mol. The molecular formula is C21H25NO5S. The van der Waals surface area contributed by atoms with Crippen LogP contribution < -0.4 is 14.8 Å². The van der Waals surface area contributed by atoms with Gasteiger partial charge in [0.05, 0.1) is 20.0 Å². The normalized spacial score (nSPS) is 11.5. The van der Waals surface area contributed by atoms with Crippen molar-refractivity contribution >= 4 is 29.3 Å². The molecule has 0 saturated carbocycles. The van der Waals surface area contributed by atoms with Crippen LogP contribution in [0, 0.1) is 6.92 Å². The van der Waals surface area contributed by atoms with Crippen LogP contribution in [0.4, 0.5) is 5.69 Å². The predicted molar refractivity (Wildman–Crippen MR) is 112 cm³/mol. The molecule has 0 bridgehead atoms. The van der Waals surface area contributed by atoms with Gasteiger partial charge in [-0.15, -0.1) is 11.8 Å². The third-order valence-corrected chi connectivity index (χ3v) is 5.44. The van der Waals surface area contributed by atoms with Crippen molar-refractivity contribution in [3.63, 3.8) is 0 Å². The number of carbonyl (C=O) groups excluding carboxylic acids is 1. The summed E-state index contributed by atoms with van der Waals surface area (Å²) in [5.41, 5.74) is 2.82. The lowest BCUT2D eigenvalue weighted by Gasteiger charge is -2.13. The molecule has 0 heterocycles. The number of aliphatic carboxylic acids is 1. The number of hydrogen-bond donors (Lipinski definition) is 2. The summed E-state index contributed by atoms with van der Waals surface area (Å²) in [5, 5.41) is 11.6. The zero-order valence-corrected chi connectivity index (χ0v) is 17.0. The first-order chi connectivity index (χ1) is 13.4. The lowest BCUT2D eigenvalue weighted by atomic mass is 10.1. The largest absolute Gasteiger partial charge is 0.493 e. The van der Waals surface area contributed by atoms with Crippen molar-refractivity contribution in [1.82, 2.24) is 0 Å². The molecule has 6 nitrogen and oxygen atoms in total. The Morgan fingerprint density at radius 2 is 1.75 bits per heavy atom. The number of nitrogens with one attached hydrogen (secondary N) is 1. The number of carboxylic acid groups (broad SMARTS) is 1. The molecule has 0 spiro atoms. The van der Waals surface area contributed by atoms with Crippen LogP contribution in [-0.2, 0) is 16.0 Å². The van der Waals surface area contributed by atoms with E-state index < -0.39 is 11.2 Å². The van der Waals surface area contributed by atoms with Gasteiger partial charge in [0.15, 0.2) is 11.5 Å². The molecule has 0 aliphatic carbocycles. The van der Waals surface area contributed by atoms with Gasteiger partial charge in [0.25, 0.3) is 0 Å². The van der Waals surface area contributed by atoms with Crippen LogP contribution in [0.25, 0.3) is 0 Å². The summed E-state index contributed by atoms with van der Waals surface area (Å²) in [6.07, 6.45) is 1.12. The molecule has 1 amide bonds. The summed E-state index contributed by atoms with van der Waals surface area (Å²) < 4.78 is 10.4. The summed E-state index contributed by atoms with van der Waals surface area (Å²) in [6.45, 7) is 2.01. The molecule has 150 valence electrons. The van der Waals surface area contributed by atoms with Crippen molar-refractivity contribution in [3.05, 3.63) is 53.6 Å². The maximum absolute atomic E-state index is 12.2. The van der Waals surface area contributed by atoms with Gasteiger partial charge in [-0.3, -0.25) is 9.59 Å². The van der Waals surface area contributed by atoms with Crippen molar-refractivity contribution in [1.29, 1.82) is 0 Å². The third kappa shape index (κ3) is 6.49. The molecule has 0 radical (unpaired) electrons. The molecular weight excluding hydrogens is 378 g/mol. The zero-order valence-electron chi connectivity index (χ0n) is 16.2. The van der Waals surface area contributed by atoms with Crippen molar-refractivity contribution in [2.45, 2.75) is 25.0 Å². The van der Waals surface area contributed by atoms with Crippen LogP contribution >= 0.6 is 11.8 Å². The number of anilines is 1. The fourth-order valence-electron chi connectivity index (χ4n) is 2.62. The first-order valence-corrected chi connectivity index (χ1v) is 9.89. The minimum absolute atomic E-state index is 0.0548. The Bertz CT molecular complexity index is 807. The second-order valence-corrected chi connectivity index (χ2v) is 7.47. The Morgan fingerprint density at radius 3 is 2.36 bits per heavy atom. The maximum Gasteiger partial charge on any atom is 0.316 e. The zero-order chi connectivity index (χ0) is 20.5. The Labute approximate surface area is 169 Å². The average Bonchev–Trinajstić information content (AvgIpc) is 2.68. The molecule has 2 N–H and O–H groups in total. The number of carboxylic acids is 1. The van der Waals surface area contributed by atoms with Crippen LogP contribution in [0.1, 0.15) is 17.5 Å². The first kappa shape index (κ1) is 21.6. The van der Waals surface area contributed by atoms with Crippen LogP contribution in [0.15, 0.2) is 42.5 Å². The van der Waals surface area contributed by atoms with Crippen LogP contribution in [0.5, 0.6) is 11.5 Å². The van der Waals surface area contributed by atoms with Gasteiger partial charge in [-0.05, 0) is 37.5 Å². The molecule has 7 heteroatoms. The van der Waals surface area contributed by atoms with E-state index >= 15 is 0 Å². The van der Waals surface area contributed by atoms with Crippen molar-refractivity contribution < 1.29 is 24.2 Å². The highest BCUT2D eigenvalue weighted by molar-refractivity contribution is 8.01. The highest BCUT2D eigenvalue weighted by Crippen LogP contribution is 2.30. The molecule has 2 aromatic rings. The fraction of sp³-hybridized carbons (Fsp3) is 0.333. The van der Waals surface area contributed by atoms with Crippen molar-refractivity contribution in [3.8, 4) is 11.5 Å². The molecule has 2 rings (SSSR count). The highest BCUT2D eigenvalue weighted by Gasteiger charge is 2.19. The van der Waals surface area contributed by atoms with E-state index in [2.05, 4.69) is 5.32 Å². The van der Waals surface area contributed by atoms with Crippen molar-refractivity contribution in [2.75, 3.05) is 25.3 Å². The lowest BCUT2D eigenvalue weighted by Crippen LogP contribution is -2.22. The van der Waals surface area contributed by atoms with E-state index in [1.54, 1.807) is 18.2 Å². The van der Waals surface area contributed by atoms with Gasteiger partial charge in [0, 0.05) is 11.8 Å². The van der Waals surface area contributed by atoms with E-state index in [1.807, 2.05) is 31.2 Å².